The first kappa shape index (κ1) is 20.3. The molecule has 0 aliphatic rings. The molecular formula is C23H23N4O4+. The van der Waals surface area contributed by atoms with E-state index in [4.69, 9.17) is 20.2 Å². The van der Waals surface area contributed by atoms with Crippen LogP contribution in [0, 0.1) is 6.92 Å². The van der Waals surface area contributed by atoms with Gasteiger partial charge in [-0.05, 0) is 36.8 Å². The highest BCUT2D eigenvalue weighted by molar-refractivity contribution is 5.96. The molecule has 0 aliphatic heterocycles. The number of fused-ring (bicyclic) bond motifs is 2. The predicted molar refractivity (Wildman–Crippen MR) is 116 cm³/mol. The Labute approximate surface area is 178 Å². The van der Waals surface area contributed by atoms with Crippen molar-refractivity contribution in [2.24, 2.45) is 0 Å². The van der Waals surface area contributed by atoms with Crippen molar-refractivity contribution in [3.8, 4) is 5.75 Å². The molecule has 158 valence electrons. The highest BCUT2D eigenvalue weighted by Crippen LogP contribution is 2.17. The van der Waals surface area contributed by atoms with Gasteiger partial charge in [-0.1, -0.05) is 23.2 Å². The van der Waals surface area contributed by atoms with Gasteiger partial charge < -0.3 is 15.2 Å². The highest BCUT2D eigenvalue weighted by atomic mass is 16.5. The van der Waals surface area contributed by atoms with Crippen LogP contribution in [0.2, 0.25) is 0 Å². The second-order valence-electron chi connectivity index (χ2n) is 7.22. The molecule has 1 aromatic carbocycles. The first-order chi connectivity index (χ1) is 14.9. The Kier molecular flexibility index (Phi) is 5.29. The highest BCUT2D eigenvalue weighted by Gasteiger charge is 2.25. The number of nitrogens with zero attached hydrogens (tertiary/aromatic N) is 3. The molecule has 4 rings (SSSR count). The van der Waals surface area contributed by atoms with E-state index in [9.17, 15) is 9.59 Å². The van der Waals surface area contributed by atoms with Gasteiger partial charge in [0.25, 0.3) is 11.2 Å². The van der Waals surface area contributed by atoms with Crippen molar-refractivity contribution in [1.82, 2.24) is 9.38 Å². The number of esters is 1. The Morgan fingerprint density at radius 3 is 2.61 bits per heavy atom. The van der Waals surface area contributed by atoms with Gasteiger partial charge >= 0.3 is 5.97 Å². The third kappa shape index (κ3) is 3.56. The van der Waals surface area contributed by atoms with Crippen LogP contribution in [-0.4, -0.2) is 29.6 Å². The third-order valence-corrected chi connectivity index (χ3v) is 5.36. The standard InChI is InChI=1S/C23H22N4O4/c1-14-5-4-11-27-20(14)25-21-18(22(27)28)13-17(23(29)31-3)19(24)26(21)12-10-15-6-8-16(30-2)9-7-15/h4-9,11,13,24H,10,12H2,1-3H3/p+1. The van der Waals surface area contributed by atoms with Crippen LogP contribution in [0.3, 0.4) is 0 Å². The molecule has 4 aromatic rings. The van der Waals surface area contributed by atoms with Gasteiger partial charge in [0.15, 0.2) is 0 Å². The van der Waals surface area contributed by atoms with Crippen LogP contribution >= 0.6 is 0 Å². The van der Waals surface area contributed by atoms with Crippen molar-refractivity contribution in [1.29, 1.82) is 0 Å². The lowest BCUT2D eigenvalue weighted by atomic mass is 10.1. The number of ether oxygens (including phenoxy) is 2. The number of carbonyl (C=O) groups is 1. The molecule has 0 amide bonds. The summed E-state index contributed by atoms with van der Waals surface area (Å²) in [5.74, 6) is 0.370. The molecule has 3 heterocycles. The van der Waals surface area contributed by atoms with Crippen molar-refractivity contribution in [2.75, 3.05) is 20.0 Å². The van der Waals surface area contributed by atoms with E-state index in [0.29, 0.717) is 29.6 Å². The van der Waals surface area contributed by atoms with E-state index in [1.54, 1.807) is 23.9 Å². The number of hydrogen-bond acceptors (Lipinski definition) is 6. The maximum atomic E-state index is 13.2. The van der Waals surface area contributed by atoms with E-state index in [-0.39, 0.29) is 16.9 Å². The van der Waals surface area contributed by atoms with Crippen LogP contribution in [0.15, 0.2) is 53.5 Å². The number of aromatic nitrogens is 3. The third-order valence-electron chi connectivity index (χ3n) is 5.36. The van der Waals surface area contributed by atoms with Crippen LogP contribution in [0.1, 0.15) is 21.5 Å². The van der Waals surface area contributed by atoms with Gasteiger partial charge in [-0.25, -0.2) is 9.36 Å². The fourth-order valence-corrected chi connectivity index (χ4v) is 3.64. The first-order valence-corrected chi connectivity index (χ1v) is 9.80. The molecule has 0 saturated carbocycles. The largest absolute Gasteiger partial charge is 0.497 e. The van der Waals surface area contributed by atoms with Gasteiger partial charge in [0.2, 0.25) is 11.5 Å². The molecule has 0 saturated heterocycles. The maximum absolute atomic E-state index is 13.2. The number of aryl methyl sites for hydroxylation is 3. The first-order valence-electron chi connectivity index (χ1n) is 9.80. The molecule has 8 nitrogen and oxygen atoms in total. The molecular weight excluding hydrogens is 396 g/mol. The van der Waals surface area contributed by atoms with Crippen molar-refractivity contribution in [3.63, 3.8) is 0 Å². The monoisotopic (exact) mass is 419 g/mol. The normalized spacial score (nSPS) is 11.1. The predicted octanol–water partition coefficient (Wildman–Crippen LogP) is 2.06. The summed E-state index contributed by atoms with van der Waals surface area (Å²) in [6.07, 6.45) is 2.28. The molecule has 8 heteroatoms. The van der Waals surface area contributed by atoms with Crippen molar-refractivity contribution in [2.45, 2.75) is 19.9 Å². The molecule has 0 aliphatic carbocycles. The number of hydrogen-bond donors (Lipinski definition) is 1. The van der Waals surface area contributed by atoms with Crippen LogP contribution in [0.5, 0.6) is 5.75 Å². The SMILES string of the molecule is COC(=O)c1cc2c(=O)n3cccc(C)c3nc2[n+](CCc2ccc(OC)cc2)c1N. The van der Waals surface area contributed by atoms with Crippen LogP contribution < -0.4 is 20.6 Å². The maximum Gasteiger partial charge on any atom is 0.344 e. The second-order valence-corrected chi connectivity index (χ2v) is 7.22. The van der Waals surface area contributed by atoms with Crippen LogP contribution in [0.25, 0.3) is 16.7 Å². The lowest BCUT2D eigenvalue weighted by molar-refractivity contribution is -0.658. The number of anilines is 1. The van der Waals surface area contributed by atoms with Crippen molar-refractivity contribution < 1.29 is 18.8 Å². The van der Waals surface area contributed by atoms with Crippen LogP contribution in [-0.2, 0) is 17.7 Å². The number of pyridine rings is 2. The summed E-state index contributed by atoms with van der Waals surface area (Å²) in [6, 6.07) is 12.8. The van der Waals surface area contributed by atoms with Gasteiger partial charge in [-0.3, -0.25) is 9.20 Å². The smallest absolute Gasteiger partial charge is 0.344 e. The van der Waals surface area contributed by atoms with Crippen LogP contribution in [0.4, 0.5) is 5.82 Å². The van der Waals surface area contributed by atoms with E-state index >= 15 is 0 Å². The Morgan fingerprint density at radius 1 is 1.19 bits per heavy atom. The number of nitrogen functional groups attached to an aromatic ring is 1. The van der Waals surface area contributed by atoms with E-state index in [1.165, 1.54) is 17.6 Å². The zero-order valence-corrected chi connectivity index (χ0v) is 17.6. The molecule has 3 aromatic heterocycles. The van der Waals surface area contributed by atoms with E-state index < -0.39 is 5.97 Å². The molecule has 0 bridgehead atoms. The van der Waals surface area contributed by atoms with Crippen molar-refractivity contribution in [3.05, 3.63) is 75.7 Å². The average molecular weight is 419 g/mol. The summed E-state index contributed by atoms with van der Waals surface area (Å²) in [5, 5.41) is 0.299. The number of methoxy groups -OCH3 is 2. The topological polar surface area (TPSA) is 99.8 Å². The Bertz CT molecular complexity index is 1360. The summed E-state index contributed by atoms with van der Waals surface area (Å²) in [7, 11) is 2.90. The van der Waals surface area contributed by atoms with E-state index in [2.05, 4.69) is 0 Å². The zero-order valence-electron chi connectivity index (χ0n) is 17.6. The average Bonchev–Trinajstić information content (AvgIpc) is 2.79. The lowest BCUT2D eigenvalue weighted by Crippen LogP contribution is -2.42. The van der Waals surface area contributed by atoms with Gasteiger partial charge in [0.05, 0.1) is 20.8 Å². The van der Waals surface area contributed by atoms with Gasteiger partial charge in [-0.15, -0.1) is 0 Å². The Morgan fingerprint density at radius 2 is 1.94 bits per heavy atom. The van der Waals surface area contributed by atoms with Gasteiger partial charge in [-0.2, -0.15) is 0 Å². The molecule has 0 spiro atoms. The molecule has 2 N–H and O–H groups in total. The van der Waals surface area contributed by atoms with E-state index in [1.807, 2.05) is 37.3 Å². The summed E-state index contributed by atoms with van der Waals surface area (Å²) in [4.78, 5) is 30.3. The minimum Gasteiger partial charge on any atom is -0.497 e. The molecule has 0 unspecified atom stereocenters. The summed E-state index contributed by atoms with van der Waals surface area (Å²) >= 11 is 0. The minimum absolute atomic E-state index is 0.135. The molecule has 31 heavy (non-hydrogen) atoms. The van der Waals surface area contributed by atoms with Crippen molar-refractivity contribution >= 4 is 28.5 Å². The summed E-state index contributed by atoms with van der Waals surface area (Å²) < 4.78 is 13.3. The second kappa shape index (κ2) is 8.06. The fourth-order valence-electron chi connectivity index (χ4n) is 3.64. The fraction of sp³-hybridized carbons (Fsp3) is 0.217. The van der Waals surface area contributed by atoms with Gasteiger partial charge in [0, 0.05) is 18.2 Å². The number of rotatable bonds is 5. The minimum atomic E-state index is -0.605. The molecule has 0 atom stereocenters. The van der Waals surface area contributed by atoms with E-state index in [0.717, 1.165) is 16.9 Å². The number of benzene rings is 1. The molecule has 0 radical (unpaired) electrons. The Hall–Kier alpha value is -3.94. The summed E-state index contributed by atoms with van der Waals surface area (Å²) in [5.41, 5.74) is 9.11. The zero-order chi connectivity index (χ0) is 22.1. The number of nitrogens with two attached hydrogens (primary N) is 1. The number of carbonyl (C=O) groups excluding carboxylic acids is 1. The molecule has 0 fully saturated rings. The van der Waals surface area contributed by atoms with Gasteiger partial charge in [0.1, 0.15) is 16.7 Å². The quantitative estimate of drug-likeness (QED) is 0.302. The summed E-state index contributed by atoms with van der Waals surface area (Å²) in [6.45, 7) is 2.31. The lowest BCUT2D eigenvalue weighted by Gasteiger charge is -2.12. The Balaban J connectivity index is 1.92.